The number of para-hydroxylation sites is 1. The van der Waals surface area contributed by atoms with E-state index >= 15 is 0 Å². The standard InChI is InChI=1S/C21H17F4N3O4/c1-32-18-10-16(27-28(18)17-5-3-2-4-14(17)22)20(31)26-15(11-19(29)30)12-6-8-13(9-7-12)21(23,24)25/h2-10,15H,11H2,1H3,(H,26,31)(H,29,30)/t15-/m0/s1. The predicted octanol–water partition coefficient (Wildman–Crippen LogP) is 3.98. The molecule has 0 spiro atoms. The third kappa shape index (κ3) is 5.05. The van der Waals surface area contributed by atoms with Crippen molar-refractivity contribution in [2.45, 2.75) is 18.6 Å². The zero-order valence-electron chi connectivity index (χ0n) is 16.6. The van der Waals surface area contributed by atoms with Gasteiger partial charge in [-0.3, -0.25) is 9.59 Å². The number of carbonyl (C=O) groups excluding carboxylic acids is 1. The van der Waals surface area contributed by atoms with Crippen LogP contribution in [-0.2, 0) is 11.0 Å². The molecule has 1 atom stereocenters. The van der Waals surface area contributed by atoms with Crippen molar-refractivity contribution >= 4 is 11.9 Å². The van der Waals surface area contributed by atoms with Crippen LogP contribution in [0.5, 0.6) is 5.88 Å². The molecule has 168 valence electrons. The maximum absolute atomic E-state index is 14.1. The van der Waals surface area contributed by atoms with E-state index < -0.39 is 41.9 Å². The number of benzene rings is 2. The summed E-state index contributed by atoms with van der Waals surface area (Å²) in [4.78, 5) is 24.0. The van der Waals surface area contributed by atoms with Crippen molar-refractivity contribution in [1.82, 2.24) is 15.1 Å². The van der Waals surface area contributed by atoms with E-state index in [0.717, 1.165) is 28.9 Å². The number of amides is 1. The SMILES string of the molecule is COc1cc(C(=O)N[C@@H](CC(=O)O)c2ccc(C(F)(F)F)cc2)nn1-c1ccccc1F. The maximum Gasteiger partial charge on any atom is 0.416 e. The summed E-state index contributed by atoms with van der Waals surface area (Å²) < 4.78 is 58.7. The minimum Gasteiger partial charge on any atom is -0.481 e. The summed E-state index contributed by atoms with van der Waals surface area (Å²) >= 11 is 0. The first kappa shape index (κ1) is 22.8. The number of carboxylic acids is 1. The molecule has 1 aromatic heterocycles. The van der Waals surface area contributed by atoms with Gasteiger partial charge >= 0.3 is 12.1 Å². The van der Waals surface area contributed by atoms with Crippen LogP contribution in [0.2, 0.25) is 0 Å². The highest BCUT2D eigenvalue weighted by molar-refractivity contribution is 5.93. The Balaban J connectivity index is 1.89. The van der Waals surface area contributed by atoms with Crippen molar-refractivity contribution < 1.29 is 37.0 Å². The number of hydrogen-bond acceptors (Lipinski definition) is 4. The number of carboxylic acid groups (broad SMARTS) is 1. The molecule has 0 saturated heterocycles. The lowest BCUT2D eigenvalue weighted by atomic mass is 10.0. The van der Waals surface area contributed by atoms with Gasteiger partial charge in [0, 0.05) is 6.07 Å². The van der Waals surface area contributed by atoms with E-state index in [1.807, 2.05) is 0 Å². The number of aromatic nitrogens is 2. The maximum atomic E-state index is 14.1. The Morgan fingerprint density at radius 2 is 1.81 bits per heavy atom. The minimum atomic E-state index is -4.56. The second-order valence-corrected chi connectivity index (χ2v) is 6.68. The number of rotatable bonds is 7. The number of nitrogens with zero attached hydrogens (tertiary/aromatic N) is 2. The first-order chi connectivity index (χ1) is 15.1. The summed E-state index contributed by atoms with van der Waals surface area (Å²) in [5.41, 5.74) is -0.926. The van der Waals surface area contributed by atoms with Crippen LogP contribution in [0.3, 0.4) is 0 Å². The number of aliphatic carboxylic acids is 1. The molecule has 0 fully saturated rings. The van der Waals surface area contributed by atoms with Crippen molar-refractivity contribution in [1.29, 1.82) is 0 Å². The Hall–Kier alpha value is -3.89. The van der Waals surface area contributed by atoms with Gasteiger partial charge in [-0.25, -0.2) is 4.39 Å². The number of halogens is 4. The largest absolute Gasteiger partial charge is 0.481 e. The van der Waals surface area contributed by atoms with Gasteiger partial charge in [0.15, 0.2) is 5.69 Å². The highest BCUT2D eigenvalue weighted by Crippen LogP contribution is 2.30. The molecule has 2 N–H and O–H groups in total. The average molecular weight is 451 g/mol. The second-order valence-electron chi connectivity index (χ2n) is 6.68. The van der Waals surface area contributed by atoms with Gasteiger partial charge in [-0.05, 0) is 29.8 Å². The smallest absolute Gasteiger partial charge is 0.416 e. The molecule has 0 bridgehead atoms. The number of alkyl halides is 3. The monoisotopic (exact) mass is 451 g/mol. The molecule has 3 rings (SSSR count). The third-order valence-electron chi connectivity index (χ3n) is 4.52. The van der Waals surface area contributed by atoms with E-state index in [4.69, 9.17) is 9.84 Å². The second kappa shape index (κ2) is 9.08. The van der Waals surface area contributed by atoms with Crippen LogP contribution in [0.1, 0.15) is 34.1 Å². The number of ether oxygens (including phenoxy) is 1. The van der Waals surface area contributed by atoms with E-state index in [0.29, 0.717) is 0 Å². The van der Waals surface area contributed by atoms with Gasteiger partial charge < -0.3 is 15.2 Å². The molecule has 1 heterocycles. The van der Waals surface area contributed by atoms with Crippen molar-refractivity contribution in [3.63, 3.8) is 0 Å². The number of carbonyl (C=O) groups is 2. The summed E-state index contributed by atoms with van der Waals surface area (Å²) in [5.74, 6) is -2.66. The fraction of sp³-hybridized carbons (Fsp3) is 0.190. The van der Waals surface area contributed by atoms with Crippen molar-refractivity contribution in [2.75, 3.05) is 7.11 Å². The molecule has 2 aromatic carbocycles. The van der Waals surface area contributed by atoms with Gasteiger partial charge in [-0.2, -0.15) is 23.0 Å². The molecule has 0 aliphatic heterocycles. The zero-order valence-corrected chi connectivity index (χ0v) is 16.6. The zero-order chi connectivity index (χ0) is 23.5. The van der Waals surface area contributed by atoms with Crippen LogP contribution in [0.4, 0.5) is 17.6 Å². The quantitative estimate of drug-likeness (QED) is 0.530. The summed E-state index contributed by atoms with van der Waals surface area (Å²) in [6.45, 7) is 0. The molecular weight excluding hydrogens is 434 g/mol. The van der Waals surface area contributed by atoms with Gasteiger partial charge in [0.25, 0.3) is 5.91 Å². The number of nitrogens with one attached hydrogen (secondary N) is 1. The summed E-state index contributed by atoms with van der Waals surface area (Å²) in [7, 11) is 1.30. The lowest BCUT2D eigenvalue weighted by molar-refractivity contribution is -0.138. The first-order valence-corrected chi connectivity index (χ1v) is 9.19. The highest BCUT2D eigenvalue weighted by atomic mass is 19.4. The fourth-order valence-corrected chi connectivity index (χ4v) is 2.98. The molecule has 1 amide bonds. The van der Waals surface area contributed by atoms with Gasteiger partial charge in [0.05, 0.1) is 25.1 Å². The average Bonchev–Trinajstić information content (AvgIpc) is 3.17. The van der Waals surface area contributed by atoms with E-state index in [1.165, 1.54) is 31.4 Å². The third-order valence-corrected chi connectivity index (χ3v) is 4.52. The van der Waals surface area contributed by atoms with Crippen molar-refractivity contribution in [3.8, 4) is 11.6 Å². The highest BCUT2D eigenvalue weighted by Gasteiger charge is 2.30. The van der Waals surface area contributed by atoms with Crippen LogP contribution in [0, 0.1) is 5.82 Å². The van der Waals surface area contributed by atoms with Crippen molar-refractivity contribution in [2.24, 2.45) is 0 Å². The molecule has 0 radical (unpaired) electrons. The van der Waals surface area contributed by atoms with Crippen LogP contribution >= 0.6 is 0 Å². The van der Waals surface area contributed by atoms with Crippen LogP contribution in [-0.4, -0.2) is 33.9 Å². The lowest BCUT2D eigenvalue weighted by Gasteiger charge is -2.17. The minimum absolute atomic E-state index is 0.0215. The lowest BCUT2D eigenvalue weighted by Crippen LogP contribution is -2.30. The van der Waals surface area contributed by atoms with Crippen LogP contribution in [0.15, 0.2) is 54.6 Å². The molecule has 0 aliphatic rings. The summed E-state index contributed by atoms with van der Waals surface area (Å²) in [6, 6.07) is 9.53. The Bertz CT molecular complexity index is 1130. The molecule has 11 heteroatoms. The van der Waals surface area contributed by atoms with E-state index in [2.05, 4.69) is 10.4 Å². The van der Waals surface area contributed by atoms with Crippen LogP contribution < -0.4 is 10.1 Å². The van der Waals surface area contributed by atoms with Crippen LogP contribution in [0.25, 0.3) is 5.69 Å². The number of hydrogen-bond donors (Lipinski definition) is 2. The molecular formula is C21H17F4N3O4. The predicted molar refractivity (Wildman–Crippen MR) is 104 cm³/mol. The van der Waals surface area contributed by atoms with E-state index in [-0.39, 0.29) is 22.8 Å². The fourth-order valence-electron chi connectivity index (χ4n) is 2.98. The molecule has 0 unspecified atom stereocenters. The number of methoxy groups -OCH3 is 1. The van der Waals surface area contributed by atoms with E-state index in [1.54, 1.807) is 6.07 Å². The topological polar surface area (TPSA) is 93.4 Å². The van der Waals surface area contributed by atoms with E-state index in [9.17, 15) is 27.2 Å². The van der Waals surface area contributed by atoms with Gasteiger partial charge in [-0.1, -0.05) is 24.3 Å². The molecule has 32 heavy (non-hydrogen) atoms. The molecule has 0 aliphatic carbocycles. The van der Waals surface area contributed by atoms with Gasteiger partial charge in [0.1, 0.15) is 11.5 Å². The Labute approximate surface area is 179 Å². The normalized spacial score (nSPS) is 12.3. The first-order valence-electron chi connectivity index (χ1n) is 9.19. The van der Waals surface area contributed by atoms with Crippen molar-refractivity contribution in [3.05, 3.63) is 77.2 Å². The molecule has 7 nitrogen and oxygen atoms in total. The molecule has 3 aromatic rings. The summed E-state index contributed by atoms with van der Waals surface area (Å²) in [6.07, 6.45) is -5.14. The Morgan fingerprint density at radius 3 is 2.38 bits per heavy atom. The Kier molecular flexibility index (Phi) is 6.47. The molecule has 0 saturated carbocycles. The Morgan fingerprint density at radius 1 is 1.16 bits per heavy atom. The summed E-state index contributed by atoms with van der Waals surface area (Å²) in [5, 5.41) is 15.6. The van der Waals surface area contributed by atoms with Gasteiger partial charge in [0.2, 0.25) is 5.88 Å². The van der Waals surface area contributed by atoms with Gasteiger partial charge in [-0.15, -0.1) is 0 Å².